The molecule has 0 aromatic carbocycles. The molecule has 10 heteroatoms. The van der Waals surface area contributed by atoms with E-state index in [1.807, 2.05) is 28.8 Å². The van der Waals surface area contributed by atoms with Gasteiger partial charge in [0.15, 0.2) is 5.65 Å². The number of halogens is 3. The van der Waals surface area contributed by atoms with E-state index in [0.717, 1.165) is 11.5 Å². The minimum atomic E-state index is -4.46. The van der Waals surface area contributed by atoms with Gasteiger partial charge in [-0.2, -0.15) is 13.2 Å². The first-order chi connectivity index (χ1) is 10.0. The quantitative estimate of drug-likeness (QED) is 0.800. The first-order valence-corrected chi connectivity index (χ1v) is 6.79. The van der Waals surface area contributed by atoms with Crippen LogP contribution in [-0.4, -0.2) is 31.3 Å². The Morgan fingerprint density at radius 1 is 1.14 bits per heavy atom. The van der Waals surface area contributed by atoms with Crippen molar-refractivity contribution < 1.29 is 13.2 Å². The number of fused-ring (bicyclic) bond motifs is 1. The Kier molecular flexibility index (Phi) is 3.45. The second kappa shape index (κ2) is 5.28. The van der Waals surface area contributed by atoms with Crippen molar-refractivity contribution in [1.82, 2.24) is 24.8 Å². The molecule has 0 aliphatic rings. The van der Waals surface area contributed by atoms with Gasteiger partial charge in [-0.3, -0.25) is 4.40 Å². The lowest BCUT2D eigenvalue weighted by molar-refractivity contribution is -0.138. The molecule has 0 saturated heterocycles. The number of anilines is 1. The van der Waals surface area contributed by atoms with E-state index in [1.165, 1.54) is 0 Å². The van der Waals surface area contributed by atoms with Gasteiger partial charge in [-0.25, -0.2) is 0 Å². The first kappa shape index (κ1) is 13.7. The van der Waals surface area contributed by atoms with Crippen molar-refractivity contribution in [2.24, 2.45) is 0 Å². The third-order valence-corrected chi connectivity index (χ3v) is 3.60. The molecule has 1 N–H and O–H groups in total. The molecule has 0 aliphatic heterocycles. The van der Waals surface area contributed by atoms with Crippen LogP contribution in [0.2, 0.25) is 0 Å². The normalized spacial score (nSPS) is 12.0. The second-order valence-electron chi connectivity index (χ2n) is 4.13. The summed E-state index contributed by atoms with van der Waals surface area (Å²) in [5, 5.41) is 16.6. The van der Waals surface area contributed by atoms with Crippen molar-refractivity contribution in [3.63, 3.8) is 0 Å². The van der Waals surface area contributed by atoms with Crippen molar-refractivity contribution in [2.45, 2.75) is 12.6 Å². The number of pyridine rings is 1. The van der Waals surface area contributed by atoms with Gasteiger partial charge in [0.1, 0.15) is 5.82 Å². The van der Waals surface area contributed by atoms with Gasteiger partial charge in [-0.05, 0) is 12.1 Å². The van der Waals surface area contributed by atoms with Crippen LogP contribution in [0.15, 0.2) is 24.4 Å². The van der Waals surface area contributed by atoms with E-state index < -0.39 is 11.2 Å². The second-order valence-corrected chi connectivity index (χ2v) is 5.11. The first-order valence-electron chi connectivity index (χ1n) is 5.97. The molecule has 21 heavy (non-hydrogen) atoms. The molecule has 0 saturated carbocycles. The van der Waals surface area contributed by atoms with Gasteiger partial charge in [0, 0.05) is 19.2 Å². The molecular formula is C11H9F3N6S. The molecule has 3 aromatic heterocycles. The van der Waals surface area contributed by atoms with Crippen molar-refractivity contribution >= 4 is 22.1 Å². The van der Waals surface area contributed by atoms with Crippen molar-refractivity contribution in [3.05, 3.63) is 35.2 Å². The summed E-state index contributed by atoms with van der Waals surface area (Å²) in [6.07, 6.45) is -2.12. The number of alkyl halides is 3. The minimum absolute atomic E-state index is 0.135. The van der Waals surface area contributed by atoms with Crippen LogP contribution in [0, 0.1) is 0 Å². The van der Waals surface area contributed by atoms with Gasteiger partial charge >= 0.3 is 6.18 Å². The predicted octanol–water partition coefficient (Wildman–Crippen LogP) is 2.25. The highest BCUT2D eigenvalue weighted by atomic mass is 32.1. The maximum atomic E-state index is 12.4. The minimum Gasteiger partial charge on any atom is -0.360 e. The van der Waals surface area contributed by atoms with Crippen LogP contribution in [0.1, 0.15) is 10.8 Å². The van der Waals surface area contributed by atoms with E-state index in [1.54, 1.807) is 0 Å². The van der Waals surface area contributed by atoms with E-state index in [0.29, 0.717) is 24.3 Å². The molecule has 0 spiro atoms. The highest BCUT2D eigenvalue weighted by molar-refractivity contribution is 7.15. The molecule has 3 aromatic rings. The van der Waals surface area contributed by atoms with Crippen LogP contribution in [0.5, 0.6) is 0 Å². The summed E-state index contributed by atoms with van der Waals surface area (Å²) in [5.41, 5.74) is 0.725. The summed E-state index contributed by atoms with van der Waals surface area (Å²) >= 11 is 0.479. The Hall–Kier alpha value is -2.23. The molecule has 0 atom stereocenters. The molecule has 0 aliphatic carbocycles. The number of hydrogen-bond donors (Lipinski definition) is 1. The molecule has 0 fully saturated rings. The lowest BCUT2D eigenvalue weighted by Gasteiger charge is -2.01. The lowest BCUT2D eigenvalue weighted by Crippen LogP contribution is -2.07. The molecule has 0 amide bonds. The maximum Gasteiger partial charge on any atom is 0.445 e. The standard InChI is InChI=1S/C11H9F3N6S/c12-11(13,14)9-18-19-10(21-9)15-5-4-8-17-16-7-3-1-2-6-20(7)8/h1-3,6H,4-5H2,(H,15,19). The topological polar surface area (TPSA) is 68.0 Å². The van der Waals surface area contributed by atoms with Crippen LogP contribution in [0.3, 0.4) is 0 Å². The summed E-state index contributed by atoms with van der Waals surface area (Å²) in [6.45, 7) is 0.391. The van der Waals surface area contributed by atoms with Gasteiger partial charge in [-0.1, -0.05) is 17.4 Å². The SMILES string of the molecule is FC(F)(F)c1nnc(NCCc2nnc3ccccn23)s1. The highest BCUT2D eigenvalue weighted by Gasteiger charge is 2.35. The summed E-state index contributed by atoms with van der Waals surface area (Å²) in [5.74, 6) is 0.721. The Balaban J connectivity index is 1.62. The number of rotatable bonds is 4. The maximum absolute atomic E-state index is 12.4. The fourth-order valence-corrected chi connectivity index (χ4v) is 2.39. The Morgan fingerprint density at radius 2 is 2.00 bits per heavy atom. The van der Waals surface area contributed by atoms with Crippen molar-refractivity contribution in [3.8, 4) is 0 Å². The van der Waals surface area contributed by atoms with Gasteiger partial charge in [0.05, 0.1) is 0 Å². The van der Waals surface area contributed by atoms with E-state index >= 15 is 0 Å². The highest BCUT2D eigenvalue weighted by Crippen LogP contribution is 2.32. The van der Waals surface area contributed by atoms with E-state index in [9.17, 15) is 13.2 Å². The number of nitrogens with zero attached hydrogens (tertiary/aromatic N) is 5. The Labute approximate surface area is 120 Å². The zero-order valence-corrected chi connectivity index (χ0v) is 11.3. The average molecular weight is 314 g/mol. The molecule has 110 valence electrons. The van der Waals surface area contributed by atoms with Gasteiger partial charge < -0.3 is 5.32 Å². The molecule has 0 radical (unpaired) electrons. The fourth-order valence-electron chi connectivity index (χ4n) is 1.75. The average Bonchev–Trinajstić information content (AvgIpc) is 3.06. The monoisotopic (exact) mass is 314 g/mol. The zero-order chi connectivity index (χ0) is 14.9. The van der Waals surface area contributed by atoms with E-state index in [-0.39, 0.29) is 5.13 Å². The number of aromatic nitrogens is 5. The lowest BCUT2D eigenvalue weighted by atomic mass is 10.4. The molecule has 6 nitrogen and oxygen atoms in total. The van der Waals surface area contributed by atoms with E-state index in [2.05, 4.69) is 25.7 Å². The summed E-state index contributed by atoms with van der Waals surface area (Å²) in [7, 11) is 0. The van der Waals surface area contributed by atoms with Crippen LogP contribution in [0.4, 0.5) is 18.3 Å². The fraction of sp³-hybridized carbons (Fsp3) is 0.273. The molecule has 0 unspecified atom stereocenters. The van der Waals surface area contributed by atoms with Crippen LogP contribution >= 0.6 is 11.3 Å². The van der Waals surface area contributed by atoms with E-state index in [4.69, 9.17) is 0 Å². The Bertz CT molecular complexity index is 750. The van der Waals surface area contributed by atoms with Crippen molar-refractivity contribution in [1.29, 1.82) is 0 Å². The molecular weight excluding hydrogens is 305 g/mol. The van der Waals surface area contributed by atoms with Gasteiger partial charge in [-0.15, -0.1) is 20.4 Å². The number of hydrogen-bond acceptors (Lipinski definition) is 6. The van der Waals surface area contributed by atoms with Crippen molar-refractivity contribution in [2.75, 3.05) is 11.9 Å². The smallest absolute Gasteiger partial charge is 0.360 e. The zero-order valence-electron chi connectivity index (χ0n) is 10.5. The van der Waals surface area contributed by atoms with Gasteiger partial charge in [0.25, 0.3) is 0 Å². The summed E-state index contributed by atoms with van der Waals surface area (Å²) < 4.78 is 39.0. The van der Waals surface area contributed by atoms with Crippen LogP contribution in [-0.2, 0) is 12.6 Å². The summed E-state index contributed by atoms with van der Waals surface area (Å²) in [6, 6.07) is 5.53. The number of nitrogens with one attached hydrogen (secondary N) is 1. The van der Waals surface area contributed by atoms with Crippen LogP contribution < -0.4 is 5.32 Å². The predicted molar refractivity (Wildman–Crippen MR) is 70.1 cm³/mol. The van der Waals surface area contributed by atoms with Gasteiger partial charge in [0.2, 0.25) is 10.1 Å². The molecule has 3 heterocycles. The largest absolute Gasteiger partial charge is 0.445 e. The Morgan fingerprint density at radius 3 is 2.76 bits per heavy atom. The summed E-state index contributed by atoms with van der Waals surface area (Å²) in [4.78, 5) is 0. The third kappa shape index (κ3) is 2.94. The third-order valence-electron chi connectivity index (χ3n) is 2.68. The van der Waals surface area contributed by atoms with Crippen LogP contribution in [0.25, 0.3) is 5.65 Å². The molecule has 0 bridgehead atoms. The molecule has 3 rings (SSSR count).